The predicted molar refractivity (Wildman–Crippen MR) is 37.2 cm³/mol. The van der Waals surface area contributed by atoms with Gasteiger partial charge in [-0.1, -0.05) is 11.6 Å². The Hall–Kier alpha value is -1.56. The summed E-state index contributed by atoms with van der Waals surface area (Å²) in [5.74, 6) is -1.41. The van der Waals surface area contributed by atoms with Gasteiger partial charge in [0.1, 0.15) is 5.15 Å². The Kier molecular flexibility index (Phi) is 2.01. The van der Waals surface area contributed by atoms with Gasteiger partial charge in [0.05, 0.1) is 6.20 Å². The summed E-state index contributed by atoms with van der Waals surface area (Å²) in [5.41, 5.74) is -1.21. The van der Waals surface area contributed by atoms with Crippen LogP contribution < -0.4 is 5.49 Å². The molecule has 1 rings (SSSR count). The highest BCUT2D eigenvalue weighted by Crippen LogP contribution is 2.00. The van der Waals surface area contributed by atoms with Gasteiger partial charge in [-0.05, 0) is 0 Å². The Morgan fingerprint density at radius 1 is 1.75 bits per heavy atom. The first-order valence-corrected chi connectivity index (χ1v) is 3.16. The molecule has 1 heterocycles. The number of carboxylic acids is 1. The highest BCUT2D eigenvalue weighted by Gasteiger charge is 2.10. The van der Waals surface area contributed by atoms with Crippen molar-refractivity contribution in [2.45, 2.75) is 0 Å². The normalized spacial score (nSPS) is 9.75. The largest absolute Gasteiger partial charge is 0.476 e. The van der Waals surface area contributed by atoms with E-state index in [0.29, 0.717) is 4.73 Å². The van der Waals surface area contributed by atoms with Gasteiger partial charge in [-0.3, -0.25) is 5.41 Å². The van der Waals surface area contributed by atoms with Crippen molar-refractivity contribution >= 4 is 17.6 Å². The van der Waals surface area contributed by atoms with Gasteiger partial charge in [0.15, 0.2) is 11.2 Å². The molecule has 0 unspecified atom stereocenters. The van der Waals surface area contributed by atoms with Gasteiger partial charge in [-0.25, -0.2) is 9.78 Å². The van der Waals surface area contributed by atoms with Crippen molar-refractivity contribution in [1.82, 2.24) is 9.71 Å². The molecule has 0 aliphatic heterocycles. The van der Waals surface area contributed by atoms with Crippen LogP contribution in [0.1, 0.15) is 10.5 Å². The van der Waals surface area contributed by atoms with Crippen LogP contribution in [0.4, 0.5) is 0 Å². The van der Waals surface area contributed by atoms with E-state index < -0.39 is 17.2 Å². The van der Waals surface area contributed by atoms with Crippen molar-refractivity contribution in [1.29, 1.82) is 5.41 Å². The lowest BCUT2D eigenvalue weighted by molar-refractivity contribution is 0.0678. The zero-order valence-electron chi connectivity index (χ0n) is 5.65. The molecule has 0 spiro atoms. The molecular weight excluding hydrogens is 186 g/mol. The fraction of sp³-hybridized carbons (Fsp3) is 0. The van der Waals surface area contributed by atoms with E-state index in [1.165, 1.54) is 0 Å². The molecular formula is C5H4ClN3O3. The Morgan fingerprint density at radius 3 is 2.83 bits per heavy atom. The summed E-state index contributed by atoms with van der Waals surface area (Å²) in [7, 11) is 0. The third-order valence-electron chi connectivity index (χ3n) is 1.10. The molecule has 0 atom stereocenters. The molecule has 0 saturated carbocycles. The summed E-state index contributed by atoms with van der Waals surface area (Å²) in [4.78, 5) is 13.7. The first kappa shape index (κ1) is 8.54. The van der Waals surface area contributed by atoms with E-state index in [1.807, 2.05) is 0 Å². The SMILES string of the molecule is N=c1c(C(=O)O)nc(Cl)cn1O. The second-order valence-corrected chi connectivity index (χ2v) is 2.30. The second kappa shape index (κ2) is 2.82. The zero-order chi connectivity index (χ0) is 9.30. The van der Waals surface area contributed by atoms with Crippen LogP contribution in [-0.2, 0) is 0 Å². The van der Waals surface area contributed by atoms with E-state index in [4.69, 9.17) is 27.3 Å². The molecule has 64 valence electrons. The van der Waals surface area contributed by atoms with Gasteiger partial charge in [0, 0.05) is 0 Å². The summed E-state index contributed by atoms with van der Waals surface area (Å²) < 4.78 is 0.290. The van der Waals surface area contributed by atoms with Crippen molar-refractivity contribution in [2.75, 3.05) is 0 Å². The number of aromatic nitrogens is 2. The molecule has 0 aliphatic rings. The zero-order valence-corrected chi connectivity index (χ0v) is 6.41. The van der Waals surface area contributed by atoms with Crippen molar-refractivity contribution in [2.24, 2.45) is 0 Å². The van der Waals surface area contributed by atoms with Crippen LogP contribution in [0.3, 0.4) is 0 Å². The lowest BCUT2D eigenvalue weighted by Crippen LogP contribution is -2.26. The minimum absolute atomic E-state index is 0.189. The fourth-order valence-corrected chi connectivity index (χ4v) is 0.789. The summed E-state index contributed by atoms with van der Waals surface area (Å²) in [6.07, 6.45) is 0.927. The number of rotatable bonds is 1. The van der Waals surface area contributed by atoms with E-state index in [9.17, 15) is 4.79 Å². The number of hydrogen-bond donors (Lipinski definition) is 3. The van der Waals surface area contributed by atoms with E-state index in [2.05, 4.69) is 4.98 Å². The molecule has 0 saturated heterocycles. The van der Waals surface area contributed by atoms with E-state index in [1.54, 1.807) is 0 Å². The van der Waals surface area contributed by atoms with Crippen molar-refractivity contribution in [3.63, 3.8) is 0 Å². The quantitative estimate of drug-likeness (QED) is 0.540. The van der Waals surface area contributed by atoms with Crippen LogP contribution in [0.15, 0.2) is 6.20 Å². The maximum Gasteiger partial charge on any atom is 0.358 e. The second-order valence-electron chi connectivity index (χ2n) is 1.91. The monoisotopic (exact) mass is 189 g/mol. The molecule has 1 aromatic heterocycles. The van der Waals surface area contributed by atoms with Crippen LogP contribution >= 0.6 is 11.6 Å². The van der Waals surface area contributed by atoms with Crippen molar-refractivity contribution in [3.8, 4) is 0 Å². The van der Waals surface area contributed by atoms with Gasteiger partial charge in [0.2, 0.25) is 0 Å². The lowest BCUT2D eigenvalue weighted by atomic mass is 10.4. The van der Waals surface area contributed by atoms with Gasteiger partial charge in [-0.15, -0.1) is 0 Å². The number of carboxylic acid groups (broad SMARTS) is 1. The average Bonchev–Trinajstić information content (AvgIpc) is 1.96. The molecule has 3 N–H and O–H groups in total. The molecule has 0 bridgehead atoms. The van der Waals surface area contributed by atoms with Crippen LogP contribution in [-0.4, -0.2) is 26.0 Å². The molecule has 0 fully saturated rings. The smallest absolute Gasteiger partial charge is 0.358 e. The highest BCUT2D eigenvalue weighted by molar-refractivity contribution is 6.29. The Balaban J connectivity index is 3.49. The van der Waals surface area contributed by atoms with E-state index in [-0.39, 0.29) is 5.15 Å². The summed E-state index contributed by atoms with van der Waals surface area (Å²) in [6.45, 7) is 0. The standard InChI is InChI=1S/C5H4ClN3O3/c6-2-1-9(12)4(7)3(8-2)5(10)11/h1,7,12H,(H,10,11). The third kappa shape index (κ3) is 1.37. The number of hydrogen-bond acceptors (Lipinski definition) is 4. The maximum atomic E-state index is 10.4. The van der Waals surface area contributed by atoms with Gasteiger partial charge in [0.25, 0.3) is 0 Å². The topological polar surface area (TPSA) is 99.2 Å². The Morgan fingerprint density at radius 2 is 2.33 bits per heavy atom. The fourth-order valence-electron chi connectivity index (χ4n) is 0.612. The average molecular weight is 190 g/mol. The number of aromatic carboxylic acids is 1. The maximum absolute atomic E-state index is 10.4. The molecule has 0 amide bonds. The molecule has 1 aromatic rings. The van der Waals surface area contributed by atoms with Crippen molar-refractivity contribution in [3.05, 3.63) is 22.5 Å². The Bertz CT molecular complexity index is 386. The lowest BCUT2D eigenvalue weighted by Gasteiger charge is -1.99. The van der Waals surface area contributed by atoms with Gasteiger partial charge in [-0.2, -0.15) is 4.73 Å². The van der Waals surface area contributed by atoms with E-state index in [0.717, 1.165) is 6.20 Å². The van der Waals surface area contributed by atoms with E-state index >= 15 is 0 Å². The first-order chi connectivity index (χ1) is 5.52. The minimum Gasteiger partial charge on any atom is -0.476 e. The number of carbonyl (C=O) groups is 1. The molecule has 0 radical (unpaired) electrons. The summed E-state index contributed by atoms with van der Waals surface area (Å²) >= 11 is 5.33. The van der Waals surface area contributed by atoms with Crippen LogP contribution in [0.25, 0.3) is 0 Å². The highest BCUT2D eigenvalue weighted by atomic mass is 35.5. The first-order valence-electron chi connectivity index (χ1n) is 2.78. The molecule has 0 aliphatic carbocycles. The number of nitrogens with zero attached hydrogens (tertiary/aromatic N) is 2. The predicted octanol–water partition coefficient (Wildman–Crippen LogP) is -0.0485. The summed E-state index contributed by atoms with van der Waals surface area (Å²) in [6, 6.07) is 0. The third-order valence-corrected chi connectivity index (χ3v) is 1.29. The Labute approximate surface area is 71.1 Å². The van der Waals surface area contributed by atoms with Gasteiger partial charge < -0.3 is 10.3 Å². The van der Waals surface area contributed by atoms with Crippen LogP contribution in [0.5, 0.6) is 0 Å². The molecule has 7 heteroatoms. The molecule has 0 aromatic carbocycles. The molecule has 6 nitrogen and oxygen atoms in total. The van der Waals surface area contributed by atoms with Gasteiger partial charge >= 0.3 is 5.97 Å². The van der Waals surface area contributed by atoms with Crippen molar-refractivity contribution < 1.29 is 15.1 Å². The van der Waals surface area contributed by atoms with Crippen LogP contribution in [0, 0.1) is 5.41 Å². The minimum atomic E-state index is -1.41. The number of halogens is 1. The van der Waals surface area contributed by atoms with Crippen LogP contribution in [0.2, 0.25) is 5.15 Å². The molecule has 12 heavy (non-hydrogen) atoms. The number of nitrogens with one attached hydrogen (secondary N) is 1. The summed E-state index contributed by atoms with van der Waals surface area (Å²) in [5, 5.41) is 24.2.